The van der Waals surface area contributed by atoms with Gasteiger partial charge in [-0.2, -0.15) is 0 Å². The van der Waals surface area contributed by atoms with Gasteiger partial charge in [0.25, 0.3) is 5.91 Å². The molecule has 0 radical (unpaired) electrons. The number of nitrogens with zero attached hydrogens (tertiary/aromatic N) is 1. The van der Waals surface area contributed by atoms with Crippen molar-refractivity contribution in [1.82, 2.24) is 10.6 Å². The van der Waals surface area contributed by atoms with Gasteiger partial charge in [0.05, 0.1) is 22.7 Å². The van der Waals surface area contributed by atoms with E-state index in [1.54, 1.807) is 11.8 Å². The number of phenolic OH excluding ortho intramolecular Hbond substituents is 1. The number of hydrogen-bond acceptors (Lipinski definition) is 4. The van der Waals surface area contributed by atoms with Gasteiger partial charge < -0.3 is 20.6 Å². The second-order valence-electron chi connectivity index (χ2n) is 8.46. The number of benzene rings is 3. The van der Waals surface area contributed by atoms with E-state index in [0.29, 0.717) is 13.0 Å². The predicted octanol–water partition coefficient (Wildman–Crippen LogP) is 4.07. The monoisotopic (exact) mass is 491 g/mol. The normalized spacial score (nSPS) is 17.0. The summed E-state index contributed by atoms with van der Waals surface area (Å²) in [4.78, 5) is 40.7. The van der Waals surface area contributed by atoms with Crippen LogP contribution in [0, 0.1) is 5.92 Å². The van der Waals surface area contributed by atoms with Crippen molar-refractivity contribution in [3.63, 3.8) is 0 Å². The van der Waals surface area contributed by atoms with Crippen molar-refractivity contribution in [2.75, 3.05) is 11.4 Å². The SMILES string of the molecule is CC(NC(=O)C1CCN(c2ccccc2)C1=O)C(NC(=O)c1cccc(O)c1Cl)c1ccccc1. The minimum Gasteiger partial charge on any atom is -0.506 e. The molecule has 3 aromatic rings. The van der Waals surface area contributed by atoms with Crippen LogP contribution in [0.3, 0.4) is 0 Å². The van der Waals surface area contributed by atoms with Crippen LogP contribution in [0.15, 0.2) is 78.9 Å². The second-order valence-corrected chi connectivity index (χ2v) is 8.84. The molecular weight excluding hydrogens is 466 g/mol. The zero-order valence-electron chi connectivity index (χ0n) is 19.1. The molecule has 1 aliphatic heterocycles. The van der Waals surface area contributed by atoms with E-state index in [-0.39, 0.29) is 28.1 Å². The Morgan fingerprint density at radius 2 is 1.63 bits per heavy atom. The zero-order chi connectivity index (χ0) is 24.9. The standard InChI is InChI=1S/C27H26ClN3O4/c1-17(29-26(34)21-15-16-31(27(21)35)19-11-6-3-7-12-19)24(18-9-4-2-5-10-18)30-25(33)20-13-8-14-22(32)23(20)28/h2-14,17,21,24,32H,15-16H2,1H3,(H,29,34)(H,30,33). The van der Waals surface area contributed by atoms with Crippen molar-refractivity contribution < 1.29 is 19.5 Å². The first-order valence-electron chi connectivity index (χ1n) is 11.4. The minimum absolute atomic E-state index is 0.0499. The molecule has 7 nitrogen and oxygen atoms in total. The molecule has 3 amide bonds. The number of para-hydroxylation sites is 1. The van der Waals surface area contributed by atoms with Crippen LogP contribution in [0.1, 0.15) is 35.3 Å². The first kappa shape index (κ1) is 24.3. The highest BCUT2D eigenvalue weighted by Gasteiger charge is 2.38. The lowest BCUT2D eigenvalue weighted by Crippen LogP contribution is -2.47. The van der Waals surface area contributed by atoms with Crippen molar-refractivity contribution in [2.45, 2.75) is 25.4 Å². The largest absolute Gasteiger partial charge is 0.506 e. The van der Waals surface area contributed by atoms with Gasteiger partial charge in [0, 0.05) is 12.2 Å². The summed E-state index contributed by atoms with van der Waals surface area (Å²) in [5.41, 5.74) is 1.66. The van der Waals surface area contributed by atoms with Gasteiger partial charge in [0.2, 0.25) is 11.8 Å². The second kappa shape index (κ2) is 10.6. The van der Waals surface area contributed by atoms with Crippen LogP contribution in [-0.4, -0.2) is 35.4 Å². The maximum Gasteiger partial charge on any atom is 0.253 e. The smallest absolute Gasteiger partial charge is 0.253 e. The van der Waals surface area contributed by atoms with Crippen molar-refractivity contribution in [3.05, 3.63) is 95.0 Å². The van der Waals surface area contributed by atoms with Crippen molar-refractivity contribution in [3.8, 4) is 5.75 Å². The summed E-state index contributed by atoms with van der Waals surface area (Å²) in [5.74, 6) is -2.11. The van der Waals surface area contributed by atoms with Gasteiger partial charge >= 0.3 is 0 Å². The van der Waals surface area contributed by atoms with Gasteiger partial charge in [-0.1, -0.05) is 66.2 Å². The fourth-order valence-corrected chi connectivity index (χ4v) is 4.48. The molecule has 1 saturated heterocycles. The van der Waals surface area contributed by atoms with E-state index in [4.69, 9.17) is 11.6 Å². The first-order valence-corrected chi connectivity index (χ1v) is 11.7. The Bertz CT molecular complexity index is 1220. The number of anilines is 1. The molecule has 0 aliphatic carbocycles. The minimum atomic E-state index is -0.801. The maximum atomic E-state index is 13.1. The van der Waals surface area contributed by atoms with E-state index in [2.05, 4.69) is 10.6 Å². The molecule has 8 heteroatoms. The fourth-order valence-electron chi connectivity index (χ4n) is 4.27. The van der Waals surface area contributed by atoms with E-state index < -0.39 is 23.9 Å². The van der Waals surface area contributed by atoms with Gasteiger partial charge in [-0.3, -0.25) is 14.4 Å². The van der Waals surface area contributed by atoms with Crippen LogP contribution in [-0.2, 0) is 9.59 Å². The third kappa shape index (κ3) is 5.30. The summed E-state index contributed by atoms with van der Waals surface area (Å²) in [6.45, 7) is 2.23. The number of carbonyl (C=O) groups excluding carboxylic acids is 3. The van der Waals surface area contributed by atoms with E-state index in [1.165, 1.54) is 18.2 Å². The molecule has 0 bridgehead atoms. The van der Waals surface area contributed by atoms with Crippen LogP contribution in [0.4, 0.5) is 5.69 Å². The molecule has 35 heavy (non-hydrogen) atoms. The van der Waals surface area contributed by atoms with Crippen molar-refractivity contribution >= 4 is 35.0 Å². The molecule has 1 heterocycles. The van der Waals surface area contributed by atoms with E-state index >= 15 is 0 Å². The van der Waals surface area contributed by atoms with Crippen LogP contribution >= 0.6 is 11.6 Å². The number of hydrogen-bond donors (Lipinski definition) is 3. The maximum absolute atomic E-state index is 13.1. The van der Waals surface area contributed by atoms with Crippen LogP contribution in [0.25, 0.3) is 0 Å². The van der Waals surface area contributed by atoms with E-state index in [1.807, 2.05) is 60.7 Å². The Morgan fingerprint density at radius 1 is 0.971 bits per heavy atom. The Balaban J connectivity index is 1.50. The molecule has 3 aromatic carbocycles. The molecule has 1 aliphatic rings. The van der Waals surface area contributed by atoms with Gasteiger partial charge in [0.15, 0.2) is 0 Å². The van der Waals surface area contributed by atoms with Gasteiger partial charge in [-0.05, 0) is 43.2 Å². The Morgan fingerprint density at radius 3 is 2.31 bits per heavy atom. The molecule has 3 unspecified atom stereocenters. The van der Waals surface area contributed by atoms with Gasteiger partial charge in [-0.15, -0.1) is 0 Å². The quantitative estimate of drug-likeness (QED) is 0.434. The fraction of sp³-hybridized carbons (Fsp3) is 0.222. The number of phenols is 1. The molecule has 180 valence electrons. The molecule has 4 rings (SSSR count). The molecule has 0 spiro atoms. The first-order chi connectivity index (χ1) is 16.9. The van der Waals surface area contributed by atoms with Gasteiger partial charge in [0.1, 0.15) is 11.7 Å². The molecule has 3 N–H and O–H groups in total. The topological polar surface area (TPSA) is 98.7 Å². The van der Waals surface area contributed by atoms with Crippen molar-refractivity contribution in [2.24, 2.45) is 5.92 Å². The van der Waals surface area contributed by atoms with E-state index in [0.717, 1.165) is 11.3 Å². The van der Waals surface area contributed by atoms with Crippen molar-refractivity contribution in [1.29, 1.82) is 0 Å². The number of nitrogens with one attached hydrogen (secondary N) is 2. The van der Waals surface area contributed by atoms with Crippen LogP contribution in [0.2, 0.25) is 5.02 Å². The van der Waals surface area contributed by atoms with E-state index in [9.17, 15) is 19.5 Å². The number of aromatic hydroxyl groups is 1. The number of carbonyl (C=O) groups is 3. The number of amides is 3. The molecule has 3 atom stereocenters. The summed E-state index contributed by atoms with van der Waals surface area (Å²) in [6, 6.07) is 21.8. The van der Waals surface area contributed by atoms with Gasteiger partial charge in [-0.25, -0.2) is 0 Å². The lowest BCUT2D eigenvalue weighted by molar-refractivity contribution is -0.132. The third-order valence-corrected chi connectivity index (χ3v) is 6.53. The highest BCUT2D eigenvalue weighted by Crippen LogP contribution is 2.28. The summed E-state index contributed by atoms with van der Waals surface area (Å²) in [6.07, 6.45) is 0.410. The number of halogens is 1. The summed E-state index contributed by atoms with van der Waals surface area (Å²) in [7, 11) is 0. The zero-order valence-corrected chi connectivity index (χ0v) is 19.9. The number of rotatable bonds is 7. The van der Waals surface area contributed by atoms with Crippen LogP contribution < -0.4 is 15.5 Å². The summed E-state index contributed by atoms with van der Waals surface area (Å²) >= 11 is 6.13. The Hall–Kier alpha value is -3.84. The third-order valence-electron chi connectivity index (χ3n) is 6.13. The molecule has 0 saturated carbocycles. The lowest BCUT2D eigenvalue weighted by Gasteiger charge is -2.27. The summed E-state index contributed by atoms with van der Waals surface area (Å²) in [5, 5.41) is 15.7. The Labute approximate surface area is 208 Å². The average Bonchev–Trinajstić information content (AvgIpc) is 3.26. The molecule has 0 aromatic heterocycles. The lowest BCUT2D eigenvalue weighted by atomic mass is 9.98. The molecular formula is C27H26ClN3O4. The molecule has 1 fully saturated rings. The average molecular weight is 492 g/mol. The highest BCUT2D eigenvalue weighted by atomic mass is 35.5. The highest BCUT2D eigenvalue weighted by molar-refractivity contribution is 6.35. The van der Waals surface area contributed by atoms with Crippen LogP contribution in [0.5, 0.6) is 5.75 Å². The Kier molecular flexibility index (Phi) is 7.36. The predicted molar refractivity (Wildman–Crippen MR) is 134 cm³/mol. The summed E-state index contributed by atoms with van der Waals surface area (Å²) < 4.78 is 0.